The minimum absolute atomic E-state index is 0.182. The van der Waals surface area contributed by atoms with E-state index in [4.69, 9.17) is 4.98 Å². The Kier molecular flexibility index (Phi) is 4.98. The highest BCUT2D eigenvalue weighted by molar-refractivity contribution is 6.01. The van der Waals surface area contributed by atoms with Crippen LogP contribution in [-0.2, 0) is 11.3 Å². The molecule has 2 atom stereocenters. The zero-order chi connectivity index (χ0) is 21.5. The Labute approximate surface area is 181 Å². The normalized spacial score (nSPS) is 22.6. The van der Waals surface area contributed by atoms with Crippen LogP contribution >= 0.6 is 0 Å². The summed E-state index contributed by atoms with van der Waals surface area (Å²) in [6.07, 6.45) is 6.46. The minimum atomic E-state index is -0.232. The Hall–Kier alpha value is -3.19. The summed E-state index contributed by atoms with van der Waals surface area (Å²) in [6.45, 7) is 4.24. The summed E-state index contributed by atoms with van der Waals surface area (Å²) < 4.78 is 2.20. The standard InChI is InChI=1S/C24H27N5O2/c1-3-22(31)27(2)19-13-21-23(25-14-19)26-24(28(21)15-16-7-5-4-6-8-16)29-17-9-10-18(29)12-20(30)11-17/h3-8,13-14,17-18,20,30H,1,9-12,15H2,2H3. The number of rotatable bonds is 5. The van der Waals surface area contributed by atoms with Crippen molar-refractivity contribution in [3.8, 4) is 0 Å². The van der Waals surface area contributed by atoms with Gasteiger partial charge < -0.3 is 19.5 Å². The molecule has 160 valence electrons. The summed E-state index contributed by atoms with van der Waals surface area (Å²) in [4.78, 5) is 25.6. The van der Waals surface area contributed by atoms with E-state index in [-0.39, 0.29) is 12.0 Å². The van der Waals surface area contributed by atoms with E-state index < -0.39 is 0 Å². The fraction of sp³-hybridized carbons (Fsp3) is 0.375. The molecule has 31 heavy (non-hydrogen) atoms. The lowest BCUT2D eigenvalue weighted by Gasteiger charge is -2.38. The maximum Gasteiger partial charge on any atom is 0.250 e. The Morgan fingerprint density at radius 2 is 1.97 bits per heavy atom. The van der Waals surface area contributed by atoms with Crippen molar-refractivity contribution in [3.63, 3.8) is 0 Å². The van der Waals surface area contributed by atoms with Gasteiger partial charge in [0.05, 0.1) is 30.0 Å². The largest absolute Gasteiger partial charge is 0.393 e. The van der Waals surface area contributed by atoms with Crippen LogP contribution in [0.3, 0.4) is 0 Å². The molecule has 1 N–H and O–H groups in total. The maximum absolute atomic E-state index is 12.1. The topological polar surface area (TPSA) is 74.5 Å². The number of fused-ring (bicyclic) bond motifs is 3. The highest BCUT2D eigenvalue weighted by Crippen LogP contribution is 2.40. The molecule has 2 unspecified atom stereocenters. The second kappa shape index (κ2) is 7.81. The van der Waals surface area contributed by atoms with Crippen molar-refractivity contribution in [3.05, 3.63) is 60.8 Å². The van der Waals surface area contributed by atoms with Crippen molar-refractivity contribution in [1.82, 2.24) is 14.5 Å². The molecule has 5 rings (SSSR count). The molecule has 2 fully saturated rings. The molecule has 0 radical (unpaired) electrons. The third-order valence-electron chi connectivity index (χ3n) is 6.59. The molecular formula is C24H27N5O2. The fourth-order valence-electron chi connectivity index (χ4n) is 5.02. The van der Waals surface area contributed by atoms with Crippen LogP contribution in [0.25, 0.3) is 11.2 Å². The first-order chi connectivity index (χ1) is 15.0. The van der Waals surface area contributed by atoms with Gasteiger partial charge in [-0.2, -0.15) is 4.98 Å². The third-order valence-corrected chi connectivity index (χ3v) is 6.59. The Bertz CT molecular complexity index is 1110. The first-order valence-corrected chi connectivity index (χ1v) is 10.8. The molecule has 7 heteroatoms. The molecular weight excluding hydrogens is 390 g/mol. The number of benzene rings is 1. The van der Waals surface area contributed by atoms with Gasteiger partial charge >= 0.3 is 0 Å². The number of imidazole rings is 1. The van der Waals surface area contributed by atoms with Crippen LogP contribution in [0, 0.1) is 0 Å². The number of amides is 1. The minimum Gasteiger partial charge on any atom is -0.393 e. The van der Waals surface area contributed by atoms with Gasteiger partial charge in [-0.1, -0.05) is 36.9 Å². The van der Waals surface area contributed by atoms with Crippen LogP contribution in [0.15, 0.2) is 55.3 Å². The average Bonchev–Trinajstić information content (AvgIpc) is 3.26. The molecule has 2 bridgehead atoms. The Morgan fingerprint density at radius 1 is 1.26 bits per heavy atom. The van der Waals surface area contributed by atoms with E-state index in [1.165, 1.54) is 11.6 Å². The van der Waals surface area contributed by atoms with E-state index in [0.29, 0.717) is 30.0 Å². The quantitative estimate of drug-likeness (QED) is 0.646. The molecule has 2 aliphatic rings. The number of nitrogens with zero attached hydrogens (tertiary/aromatic N) is 5. The Balaban J connectivity index is 1.63. The fourth-order valence-corrected chi connectivity index (χ4v) is 5.02. The van der Waals surface area contributed by atoms with Crippen LogP contribution in [0.4, 0.5) is 11.6 Å². The lowest BCUT2D eigenvalue weighted by atomic mass is 10.0. The van der Waals surface area contributed by atoms with Gasteiger partial charge in [-0.15, -0.1) is 0 Å². The lowest BCUT2D eigenvalue weighted by molar-refractivity contribution is -0.113. The van der Waals surface area contributed by atoms with Crippen molar-refractivity contribution >= 4 is 28.7 Å². The summed E-state index contributed by atoms with van der Waals surface area (Å²) in [5.41, 5.74) is 3.44. The van der Waals surface area contributed by atoms with Crippen molar-refractivity contribution in [2.24, 2.45) is 0 Å². The first-order valence-electron chi connectivity index (χ1n) is 10.8. The highest BCUT2D eigenvalue weighted by Gasteiger charge is 2.42. The number of hydrogen-bond acceptors (Lipinski definition) is 5. The van der Waals surface area contributed by atoms with Gasteiger partial charge in [-0.25, -0.2) is 4.98 Å². The molecule has 4 heterocycles. The smallest absolute Gasteiger partial charge is 0.250 e. The molecule has 2 aliphatic heterocycles. The molecule has 0 spiro atoms. The number of carbonyl (C=O) groups excluding carboxylic acids is 1. The zero-order valence-electron chi connectivity index (χ0n) is 17.7. The average molecular weight is 418 g/mol. The molecule has 1 amide bonds. The summed E-state index contributed by atoms with van der Waals surface area (Å²) >= 11 is 0. The summed E-state index contributed by atoms with van der Waals surface area (Å²) in [7, 11) is 1.72. The Morgan fingerprint density at radius 3 is 2.65 bits per heavy atom. The molecule has 2 aromatic heterocycles. The molecule has 1 aromatic carbocycles. The number of likely N-dealkylation sites (N-methyl/N-ethyl adjacent to an activating group) is 1. The summed E-state index contributed by atoms with van der Waals surface area (Å²) in [5.74, 6) is 0.721. The number of pyridine rings is 1. The molecule has 0 aliphatic carbocycles. The van der Waals surface area contributed by atoms with Crippen LogP contribution in [0.1, 0.15) is 31.2 Å². The van der Waals surface area contributed by atoms with Crippen LogP contribution < -0.4 is 9.80 Å². The predicted molar refractivity (Wildman–Crippen MR) is 121 cm³/mol. The van der Waals surface area contributed by atoms with Gasteiger partial charge in [-0.05, 0) is 43.4 Å². The van der Waals surface area contributed by atoms with E-state index in [0.717, 1.165) is 37.1 Å². The van der Waals surface area contributed by atoms with E-state index in [1.54, 1.807) is 18.1 Å². The van der Waals surface area contributed by atoms with Gasteiger partial charge in [0.2, 0.25) is 11.9 Å². The van der Waals surface area contributed by atoms with Crippen molar-refractivity contribution in [2.75, 3.05) is 16.8 Å². The second-order valence-electron chi connectivity index (χ2n) is 8.54. The van der Waals surface area contributed by atoms with Gasteiger partial charge in [0.1, 0.15) is 0 Å². The van der Waals surface area contributed by atoms with E-state index in [9.17, 15) is 9.90 Å². The lowest BCUT2D eigenvalue weighted by Crippen LogP contribution is -2.46. The van der Waals surface area contributed by atoms with Gasteiger partial charge in [0, 0.05) is 19.1 Å². The number of carbonyl (C=O) groups is 1. The van der Waals surface area contributed by atoms with Crippen LogP contribution in [-0.4, -0.2) is 50.8 Å². The zero-order valence-corrected chi connectivity index (χ0v) is 17.7. The first kappa shape index (κ1) is 19.8. The predicted octanol–water partition coefficient (Wildman–Crippen LogP) is 3.12. The number of aliphatic hydroxyl groups is 1. The summed E-state index contributed by atoms with van der Waals surface area (Å²) in [6, 6.07) is 12.9. The SMILES string of the molecule is C=CC(=O)N(C)c1cnc2nc(N3C4CCC3CC(O)C4)n(Cc3ccccc3)c2c1. The van der Waals surface area contributed by atoms with Crippen LogP contribution in [0.2, 0.25) is 0 Å². The van der Waals surface area contributed by atoms with Crippen molar-refractivity contribution in [2.45, 2.75) is 50.4 Å². The number of anilines is 2. The highest BCUT2D eigenvalue weighted by atomic mass is 16.3. The number of hydrogen-bond donors (Lipinski definition) is 1. The third kappa shape index (κ3) is 3.49. The van der Waals surface area contributed by atoms with Gasteiger partial charge in [-0.3, -0.25) is 4.79 Å². The van der Waals surface area contributed by atoms with E-state index >= 15 is 0 Å². The van der Waals surface area contributed by atoms with Crippen molar-refractivity contribution < 1.29 is 9.90 Å². The van der Waals surface area contributed by atoms with E-state index in [1.807, 2.05) is 24.3 Å². The second-order valence-corrected chi connectivity index (χ2v) is 8.54. The number of aliphatic hydroxyl groups excluding tert-OH is 1. The maximum atomic E-state index is 12.1. The number of piperidine rings is 1. The van der Waals surface area contributed by atoms with Crippen LogP contribution in [0.5, 0.6) is 0 Å². The van der Waals surface area contributed by atoms with Crippen molar-refractivity contribution in [1.29, 1.82) is 0 Å². The summed E-state index contributed by atoms with van der Waals surface area (Å²) in [5, 5.41) is 10.3. The molecule has 7 nitrogen and oxygen atoms in total. The molecule has 2 saturated heterocycles. The number of aromatic nitrogens is 3. The monoisotopic (exact) mass is 417 g/mol. The molecule has 3 aromatic rings. The molecule has 0 saturated carbocycles. The van der Waals surface area contributed by atoms with Gasteiger partial charge in [0.25, 0.3) is 0 Å². The van der Waals surface area contributed by atoms with E-state index in [2.05, 4.69) is 33.2 Å². The van der Waals surface area contributed by atoms with Gasteiger partial charge in [0.15, 0.2) is 5.65 Å².